The first-order chi connectivity index (χ1) is 7.86. The minimum Gasteiger partial charge on any atom is -0.314 e. The summed E-state index contributed by atoms with van der Waals surface area (Å²) < 4.78 is 0. The van der Waals surface area contributed by atoms with Gasteiger partial charge in [0.1, 0.15) is 0 Å². The van der Waals surface area contributed by atoms with Crippen LogP contribution < -0.4 is 5.32 Å². The van der Waals surface area contributed by atoms with E-state index < -0.39 is 0 Å². The van der Waals surface area contributed by atoms with Gasteiger partial charge in [0.25, 0.3) is 0 Å². The molecular formula is C15H32N2. The highest BCUT2D eigenvalue weighted by Gasteiger charge is 2.33. The molecule has 102 valence electrons. The molecule has 1 rings (SSSR count). The molecular weight excluding hydrogens is 208 g/mol. The van der Waals surface area contributed by atoms with Crippen LogP contribution in [0.1, 0.15) is 60.8 Å². The maximum absolute atomic E-state index is 3.67. The van der Waals surface area contributed by atoms with Crippen LogP contribution >= 0.6 is 0 Å². The van der Waals surface area contributed by atoms with Crippen LogP contribution in [0, 0.1) is 5.41 Å². The van der Waals surface area contributed by atoms with E-state index in [-0.39, 0.29) is 0 Å². The second-order valence-electron chi connectivity index (χ2n) is 6.80. The Balaban J connectivity index is 2.47. The number of hydrogen-bond donors (Lipinski definition) is 1. The van der Waals surface area contributed by atoms with Gasteiger partial charge in [0, 0.05) is 24.7 Å². The zero-order chi connectivity index (χ0) is 13.1. The Morgan fingerprint density at radius 2 is 2.00 bits per heavy atom. The minimum atomic E-state index is 0.387. The van der Waals surface area contributed by atoms with Gasteiger partial charge in [-0.2, -0.15) is 0 Å². The van der Waals surface area contributed by atoms with Gasteiger partial charge < -0.3 is 5.32 Å². The fourth-order valence-corrected chi connectivity index (χ4v) is 2.80. The molecule has 0 spiro atoms. The van der Waals surface area contributed by atoms with Gasteiger partial charge in [-0.25, -0.2) is 0 Å². The molecule has 0 aromatic rings. The van der Waals surface area contributed by atoms with Gasteiger partial charge in [-0.3, -0.25) is 4.90 Å². The molecule has 1 aliphatic rings. The van der Waals surface area contributed by atoms with Crippen LogP contribution in [0.15, 0.2) is 0 Å². The summed E-state index contributed by atoms with van der Waals surface area (Å²) in [5, 5.41) is 3.67. The zero-order valence-electron chi connectivity index (χ0n) is 12.7. The molecule has 1 fully saturated rings. The van der Waals surface area contributed by atoms with Crippen molar-refractivity contribution in [2.75, 3.05) is 13.1 Å². The normalized spacial score (nSPS) is 29.3. The number of nitrogens with zero attached hydrogens (tertiary/aromatic N) is 1. The number of rotatable bonds is 4. The summed E-state index contributed by atoms with van der Waals surface area (Å²) in [5.41, 5.74) is 0.387. The lowest BCUT2D eigenvalue weighted by Gasteiger charge is -2.46. The summed E-state index contributed by atoms with van der Waals surface area (Å²) in [6.07, 6.45) is 3.86. The Morgan fingerprint density at radius 3 is 2.47 bits per heavy atom. The fourth-order valence-electron chi connectivity index (χ4n) is 2.80. The molecule has 0 amide bonds. The molecule has 2 heteroatoms. The molecule has 1 heterocycles. The van der Waals surface area contributed by atoms with E-state index in [0.29, 0.717) is 17.5 Å². The summed E-state index contributed by atoms with van der Waals surface area (Å²) >= 11 is 0. The lowest BCUT2D eigenvalue weighted by molar-refractivity contribution is 0.0412. The van der Waals surface area contributed by atoms with E-state index in [1.54, 1.807) is 0 Å². The molecule has 0 radical (unpaired) electrons. The minimum absolute atomic E-state index is 0.387. The summed E-state index contributed by atoms with van der Waals surface area (Å²) in [6, 6.07) is 2.13. The van der Waals surface area contributed by atoms with Crippen LogP contribution in [0.4, 0.5) is 0 Å². The van der Waals surface area contributed by atoms with Gasteiger partial charge in [0.05, 0.1) is 0 Å². The van der Waals surface area contributed by atoms with E-state index in [1.807, 2.05) is 0 Å². The average Bonchev–Trinajstić information content (AvgIpc) is 2.24. The van der Waals surface area contributed by atoms with Crippen molar-refractivity contribution in [3.8, 4) is 0 Å². The van der Waals surface area contributed by atoms with E-state index in [4.69, 9.17) is 0 Å². The van der Waals surface area contributed by atoms with Crippen molar-refractivity contribution < 1.29 is 0 Å². The molecule has 1 saturated heterocycles. The quantitative estimate of drug-likeness (QED) is 0.811. The summed E-state index contributed by atoms with van der Waals surface area (Å²) in [4.78, 5) is 2.70. The second kappa shape index (κ2) is 6.19. The third kappa shape index (κ3) is 4.26. The van der Waals surface area contributed by atoms with Crippen LogP contribution in [0.2, 0.25) is 0 Å². The van der Waals surface area contributed by atoms with Crippen molar-refractivity contribution in [2.24, 2.45) is 5.41 Å². The highest BCUT2D eigenvalue weighted by molar-refractivity contribution is 4.89. The zero-order valence-corrected chi connectivity index (χ0v) is 12.7. The van der Waals surface area contributed by atoms with Gasteiger partial charge in [0.15, 0.2) is 0 Å². The molecule has 3 atom stereocenters. The maximum Gasteiger partial charge on any atom is 0.0118 e. The van der Waals surface area contributed by atoms with Crippen LogP contribution in [0.3, 0.4) is 0 Å². The molecule has 1 aliphatic heterocycles. The number of hydrogen-bond acceptors (Lipinski definition) is 2. The Kier molecular flexibility index (Phi) is 5.46. The molecule has 1 N–H and O–H groups in total. The van der Waals surface area contributed by atoms with Crippen molar-refractivity contribution in [1.82, 2.24) is 10.2 Å². The largest absolute Gasteiger partial charge is 0.314 e. The third-order valence-electron chi connectivity index (χ3n) is 4.36. The number of nitrogens with one attached hydrogen (secondary N) is 1. The Hall–Kier alpha value is -0.0800. The van der Waals surface area contributed by atoms with Gasteiger partial charge in [-0.15, -0.1) is 0 Å². The standard InChI is InChI=1S/C15H32N2/c1-7-9-16-14-8-10-17(12(2)11-14)13(3)15(4,5)6/h12-14,16H,7-11H2,1-6H3. The van der Waals surface area contributed by atoms with Crippen molar-refractivity contribution in [3.05, 3.63) is 0 Å². The van der Waals surface area contributed by atoms with Crippen LogP contribution in [0.5, 0.6) is 0 Å². The first kappa shape index (κ1) is 15.0. The maximum atomic E-state index is 3.67. The Labute approximate surface area is 108 Å². The average molecular weight is 240 g/mol. The fraction of sp³-hybridized carbons (Fsp3) is 1.00. The summed E-state index contributed by atoms with van der Waals surface area (Å²) in [5.74, 6) is 0. The second-order valence-corrected chi connectivity index (χ2v) is 6.80. The summed E-state index contributed by atoms with van der Waals surface area (Å²) in [7, 11) is 0. The highest BCUT2D eigenvalue weighted by atomic mass is 15.2. The predicted octanol–water partition coefficient (Wildman–Crippen LogP) is 3.27. The lowest BCUT2D eigenvalue weighted by atomic mass is 9.84. The van der Waals surface area contributed by atoms with E-state index in [2.05, 4.69) is 51.8 Å². The molecule has 0 aromatic carbocycles. The van der Waals surface area contributed by atoms with Crippen LogP contribution in [-0.2, 0) is 0 Å². The molecule has 0 aromatic heterocycles. The van der Waals surface area contributed by atoms with Crippen molar-refractivity contribution in [1.29, 1.82) is 0 Å². The van der Waals surface area contributed by atoms with Gasteiger partial charge in [-0.05, 0) is 45.1 Å². The molecule has 2 nitrogen and oxygen atoms in total. The van der Waals surface area contributed by atoms with Gasteiger partial charge >= 0.3 is 0 Å². The SMILES string of the molecule is CCCNC1CCN(C(C)C(C)(C)C)C(C)C1. The highest BCUT2D eigenvalue weighted by Crippen LogP contribution is 2.29. The van der Waals surface area contributed by atoms with E-state index in [1.165, 1.54) is 32.4 Å². The summed E-state index contributed by atoms with van der Waals surface area (Å²) in [6.45, 7) is 16.5. The van der Waals surface area contributed by atoms with E-state index in [9.17, 15) is 0 Å². The third-order valence-corrected chi connectivity index (χ3v) is 4.36. The molecule has 0 saturated carbocycles. The molecule has 17 heavy (non-hydrogen) atoms. The lowest BCUT2D eigenvalue weighted by Crippen LogP contribution is -2.53. The molecule has 0 aliphatic carbocycles. The number of likely N-dealkylation sites (tertiary alicyclic amines) is 1. The van der Waals surface area contributed by atoms with Gasteiger partial charge in [-0.1, -0.05) is 27.7 Å². The Morgan fingerprint density at radius 1 is 1.35 bits per heavy atom. The predicted molar refractivity (Wildman–Crippen MR) is 76.4 cm³/mol. The monoisotopic (exact) mass is 240 g/mol. The van der Waals surface area contributed by atoms with Crippen molar-refractivity contribution in [3.63, 3.8) is 0 Å². The molecule has 3 unspecified atom stereocenters. The van der Waals surface area contributed by atoms with Gasteiger partial charge in [0.2, 0.25) is 0 Å². The molecule has 0 bridgehead atoms. The van der Waals surface area contributed by atoms with Crippen LogP contribution in [-0.4, -0.2) is 36.1 Å². The van der Waals surface area contributed by atoms with Crippen molar-refractivity contribution in [2.45, 2.75) is 78.9 Å². The van der Waals surface area contributed by atoms with E-state index >= 15 is 0 Å². The number of piperidine rings is 1. The van der Waals surface area contributed by atoms with E-state index in [0.717, 1.165) is 6.04 Å². The first-order valence-electron chi connectivity index (χ1n) is 7.35. The smallest absolute Gasteiger partial charge is 0.0118 e. The van der Waals surface area contributed by atoms with Crippen LogP contribution in [0.25, 0.3) is 0 Å². The first-order valence-corrected chi connectivity index (χ1v) is 7.35. The topological polar surface area (TPSA) is 15.3 Å². The Bertz CT molecular complexity index is 219. The van der Waals surface area contributed by atoms with Crippen molar-refractivity contribution >= 4 is 0 Å².